The van der Waals surface area contributed by atoms with Crippen LogP contribution in [0.15, 0.2) is 42.6 Å². The maximum Gasteiger partial charge on any atom is 1.00 e. The van der Waals surface area contributed by atoms with E-state index in [2.05, 4.69) is 46.1 Å². The van der Waals surface area contributed by atoms with Gasteiger partial charge < -0.3 is 14.8 Å². The Hall–Kier alpha value is -2.66. The summed E-state index contributed by atoms with van der Waals surface area (Å²) in [6.07, 6.45) is 3.09. The molecule has 1 saturated heterocycles. The summed E-state index contributed by atoms with van der Waals surface area (Å²) in [5.41, 5.74) is 3.81. The van der Waals surface area contributed by atoms with E-state index in [1.807, 2.05) is 6.92 Å². The molecule has 3 atom stereocenters. The number of carboxylic acid groups (broad SMARTS) is 1. The number of rotatable bonds is 4. The third kappa shape index (κ3) is 3.41. The largest absolute Gasteiger partial charge is 1.00 e. The summed E-state index contributed by atoms with van der Waals surface area (Å²) in [4.78, 5) is 14.2. The Morgan fingerprint density at radius 1 is 1.17 bits per heavy atom. The van der Waals surface area contributed by atoms with Crippen molar-refractivity contribution in [3.8, 4) is 11.8 Å². The number of benzene rings is 2. The first-order valence-corrected chi connectivity index (χ1v) is 10.1. The SMILES string of the molecule is CC#Cc1ccc(C(=O)[O-])c2c1cnn2[C@H](C)c1ccc(N2CC3CC3C2)cc1.[Li+]. The summed E-state index contributed by atoms with van der Waals surface area (Å²) in [6, 6.07) is 11.7. The van der Waals surface area contributed by atoms with Gasteiger partial charge in [0.05, 0.1) is 23.7 Å². The number of hydrogen-bond acceptors (Lipinski definition) is 4. The van der Waals surface area contributed by atoms with Gasteiger partial charge >= 0.3 is 18.9 Å². The van der Waals surface area contributed by atoms with Gasteiger partial charge in [-0.15, -0.1) is 5.92 Å². The third-order valence-corrected chi connectivity index (χ3v) is 6.32. The molecule has 1 aliphatic carbocycles. The molecule has 2 fully saturated rings. The molecule has 30 heavy (non-hydrogen) atoms. The van der Waals surface area contributed by atoms with Crippen molar-refractivity contribution in [2.45, 2.75) is 26.3 Å². The van der Waals surface area contributed by atoms with E-state index < -0.39 is 5.97 Å². The Bertz CT molecular complexity index is 1160. The molecule has 1 saturated carbocycles. The molecule has 146 valence electrons. The fraction of sp³-hybridized carbons (Fsp3) is 0.333. The first-order chi connectivity index (χ1) is 14.1. The molecule has 2 unspecified atom stereocenters. The summed E-state index contributed by atoms with van der Waals surface area (Å²) >= 11 is 0. The Balaban J connectivity index is 0.00000218. The van der Waals surface area contributed by atoms with Crippen LogP contribution < -0.4 is 28.9 Å². The molecule has 2 aliphatic rings. The maximum absolute atomic E-state index is 11.7. The number of carboxylic acids is 1. The second-order valence-electron chi connectivity index (χ2n) is 8.10. The quantitative estimate of drug-likeness (QED) is 0.458. The second-order valence-corrected chi connectivity index (χ2v) is 8.10. The van der Waals surface area contributed by atoms with Crippen LogP contribution in [0.2, 0.25) is 0 Å². The number of hydrogen-bond donors (Lipinski definition) is 0. The molecule has 6 heteroatoms. The molecular formula is C24H22LiN3O2. The van der Waals surface area contributed by atoms with Crippen LogP contribution in [0, 0.1) is 23.7 Å². The molecule has 2 aromatic carbocycles. The van der Waals surface area contributed by atoms with Crippen LogP contribution in [0.25, 0.3) is 10.9 Å². The van der Waals surface area contributed by atoms with Crippen molar-refractivity contribution in [2.24, 2.45) is 11.8 Å². The van der Waals surface area contributed by atoms with Gasteiger partial charge in [0.25, 0.3) is 0 Å². The van der Waals surface area contributed by atoms with Gasteiger partial charge in [-0.25, -0.2) is 0 Å². The van der Waals surface area contributed by atoms with Crippen LogP contribution in [0.4, 0.5) is 5.69 Å². The van der Waals surface area contributed by atoms with Gasteiger partial charge in [-0.2, -0.15) is 5.10 Å². The third-order valence-electron chi connectivity index (χ3n) is 6.32. The standard InChI is InChI=1S/C24H23N3O2.Li/c1-3-4-17-7-10-21(24(28)29)23-22(17)12-25-27(23)15(2)16-5-8-20(9-6-16)26-13-18-11-19(18)14-26;/h5-10,12,15,18-19H,11,13-14H2,1-2H3,(H,28,29);/q;+1/p-1/t15-,18?,19?;/m1./s1. The topological polar surface area (TPSA) is 61.2 Å². The summed E-state index contributed by atoms with van der Waals surface area (Å²) in [5.74, 6) is 6.50. The van der Waals surface area contributed by atoms with E-state index in [4.69, 9.17) is 0 Å². The normalized spacial score (nSPS) is 20.1. The van der Waals surface area contributed by atoms with E-state index in [0.29, 0.717) is 5.52 Å². The van der Waals surface area contributed by atoms with Gasteiger partial charge in [0.2, 0.25) is 0 Å². The molecule has 2 heterocycles. The molecule has 5 rings (SSSR count). The Morgan fingerprint density at radius 2 is 1.87 bits per heavy atom. The number of carbonyl (C=O) groups is 1. The van der Waals surface area contributed by atoms with Crippen molar-refractivity contribution in [1.29, 1.82) is 0 Å². The van der Waals surface area contributed by atoms with Crippen LogP contribution in [-0.4, -0.2) is 28.8 Å². The molecule has 0 radical (unpaired) electrons. The molecule has 3 aromatic rings. The molecular weight excluding hydrogens is 369 g/mol. The number of fused-ring (bicyclic) bond motifs is 2. The van der Waals surface area contributed by atoms with Gasteiger partial charge in [-0.3, -0.25) is 4.68 Å². The van der Waals surface area contributed by atoms with E-state index in [9.17, 15) is 9.90 Å². The molecule has 5 nitrogen and oxygen atoms in total. The van der Waals surface area contributed by atoms with Crippen LogP contribution in [0.1, 0.15) is 47.8 Å². The number of carbonyl (C=O) groups excluding carboxylic acids is 1. The average Bonchev–Trinajstić information content (AvgIpc) is 3.13. The van der Waals surface area contributed by atoms with Crippen LogP contribution in [0.3, 0.4) is 0 Å². The van der Waals surface area contributed by atoms with Gasteiger partial charge in [0.15, 0.2) is 0 Å². The van der Waals surface area contributed by atoms with Crippen molar-refractivity contribution >= 4 is 22.6 Å². The average molecular weight is 391 g/mol. The van der Waals surface area contributed by atoms with Gasteiger partial charge in [-0.1, -0.05) is 18.1 Å². The molecule has 0 bridgehead atoms. The fourth-order valence-electron chi connectivity index (χ4n) is 4.58. The fourth-order valence-corrected chi connectivity index (χ4v) is 4.58. The maximum atomic E-state index is 11.7. The Morgan fingerprint density at radius 3 is 2.50 bits per heavy atom. The molecule has 0 N–H and O–H groups in total. The van der Waals surface area contributed by atoms with Crippen molar-refractivity contribution in [2.75, 3.05) is 18.0 Å². The minimum Gasteiger partial charge on any atom is -0.545 e. The van der Waals surface area contributed by atoms with Gasteiger partial charge in [-0.05, 0) is 61.9 Å². The first-order valence-electron chi connectivity index (χ1n) is 10.1. The smallest absolute Gasteiger partial charge is 0.545 e. The minimum absolute atomic E-state index is 0. The number of aromatic carboxylic acids is 1. The second kappa shape index (κ2) is 7.87. The van der Waals surface area contributed by atoms with Crippen LogP contribution in [-0.2, 0) is 0 Å². The number of piperidine rings is 1. The summed E-state index contributed by atoms with van der Waals surface area (Å²) in [5, 5.41) is 17.0. The van der Waals surface area contributed by atoms with Crippen molar-refractivity contribution in [3.05, 3.63) is 59.3 Å². The monoisotopic (exact) mass is 391 g/mol. The number of aromatic nitrogens is 2. The summed E-state index contributed by atoms with van der Waals surface area (Å²) in [7, 11) is 0. The molecule has 0 amide bonds. The van der Waals surface area contributed by atoms with E-state index in [-0.39, 0.29) is 30.5 Å². The van der Waals surface area contributed by atoms with Gasteiger partial charge in [0.1, 0.15) is 0 Å². The predicted octanol–water partition coefficient (Wildman–Crippen LogP) is -0.159. The summed E-state index contributed by atoms with van der Waals surface area (Å²) in [6.45, 7) is 6.12. The van der Waals surface area contributed by atoms with Crippen LogP contribution >= 0.6 is 0 Å². The minimum atomic E-state index is -1.21. The van der Waals surface area contributed by atoms with Crippen LogP contribution in [0.5, 0.6) is 0 Å². The van der Waals surface area contributed by atoms with E-state index in [0.717, 1.165) is 28.3 Å². The Kier molecular flexibility index (Phi) is 5.41. The number of anilines is 1. The van der Waals surface area contributed by atoms with E-state index >= 15 is 0 Å². The van der Waals surface area contributed by atoms with E-state index in [1.54, 1.807) is 29.9 Å². The zero-order chi connectivity index (χ0) is 20.1. The molecule has 0 spiro atoms. The zero-order valence-corrected chi connectivity index (χ0v) is 17.6. The molecule has 1 aromatic heterocycles. The van der Waals surface area contributed by atoms with Crippen molar-refractivity contribution in [1.82, 2.24) is 9.78 Å². The van der Waals surface area contributed by atoms with Gasteiger partial charge in [0, 0.05) is 35.3 Å². The Labute approximate surface area is 188 Å². The predicted molar refractivity (Wildman–Crippen MR) is 111 cm³/mol. The van der Waals surface area contributed by atoms with Crippen molar-refractivity contribution in [3.63, 3.8) is 0 Å². The number of nitrogens with zero attached hydrogens (tertiary/aromatic N) is 3. The first kappa shape index (κ1) is 20.6. The van der Waals surface area contributed by atoms with E-state index in [1.165, 1.54) is 25.2 Å². The van der Waals surface area contributed by atoms with Crippen molar-refractivity contribution < 1.29 is 28.8 Å². The summed E-state index contributed by atoms with van der Waals surface area (Å²) < 4.78 is 1.77. The molecule has 1 aliphatic heterocycles. The zero-order valence-electron chi connectivity index (χ0n) is 17.6.